The number of benzene rings is 2. The normalized spacial score (nSPS) is 14.7. The Morgan fingerprint density at radius 2 is 1.64 bits per heavy atom. The van der Waals surface area contributed by atoms with Crippen molar-refractivity contribution < 1.29 is 28.6 Å². The maximum Gasteiger partial charge on any atom is 0.308 e. The minimum absolute atomic E-state index is 0.0435. The van der Waals surface area contributed by atoms with E-state index in [4.69, 9.17) is 26.4 Å². The van der Waals surface area contributed by atoms with E-state index in [1.54, 1.807) is 41.3 Å². The number of ether oxygens (including phenoxy) is 3. The number of unbranched alkanes of at least 4 members (excludes halogenated alkanes) is 4. The molecule has 0 bridgehead atoms. The Balaban J connectivity index is 1.45. The van der Waals surface area contributed by atoms with E-state index in [9.17, 15) is 14.4 Å². The van der Waals surface area contributed by atoms with Crippen molar-refractivity contribution in [2.75, 3.05) is 32.9 Å². The van der Waals surface area contributed by atoms with Crippen molar-refractivity contribution in [2.24, 2.45) is 0 Å². The summed E-state index contributed by atoms with van der Waals surface area (Å²) in [6, 6.07) is 15.1. The van der Waals surface area contributed by atoms with Crippen LogP contribution in [-0.2, 0) is 14.3 Å². The molecule has 39 heavy (non-hydrogen) atoms. The maximum atomic E-state index is 12.8. The number of nitrogens with one attached hydrogen (secondary N) is 2. The van der Waals surface area contributed by atoms with Crippen LogP contribution in [0, 0.1) is 0 Å². The van der Waals surface area contributed by atoms with Gasteiger partial charge in [-0.2, -0.15) is 0 Å². The Morgan fingerprint density at radius 3 is 2.38 bits per heavy atom. The molecule has 3 rings (SSSR count). The quantitative estimate of drug-likeness (QED) is 0.206. The molecule has 1 heterocycles. The molecule has 1 aliphatic rings. The summed E-state index contributed by atoms with van der Waals surface area (Å²) in [5, 5.41) is 5.49. The van der Waals surface area contributed by atoms with Gasteiger partial charge in [0.25, 0.3) is 5.91 Å². The third kappa shape index (κ3) is 10.2. The van der Waals surface area contributed by atoms with Gasteiger partial charge in [-0.15, -0.1) is 0 Å². The van der Waals surface area contributed by atoms with Gasteiger partial charge in [0, 0.05) is 18.7 Å². The fraction of sp³-hybridized carbons (Fsp3) is 0.448. The molecule has 1 unspecified atom stereocenters. The van der Waals surface area contributed by atoms with Gasteiger partial charge in [-0.3, -0.25) is 19.7 Å². The molecular weight excluding hydrogens is 518 g/mol. The predicted octanol–water partition coefficient (Wildman–Crippen LogP) is 3.86. The lowest BCUT2D eigenvalue weighted by molar-refractivity contribution is -0.148. The Morgan fingerprint density at radius 1 is 0.949 bits per heavy atom. The molecule has 2 amide bonds. The number of hydrogen-bond acceptors (Lipinski definition) is 7. The first-order valence-corrected chi connectivity index (χ1v) is 13.8. The fourth-order valence-corrected chi connectivity index (χ4v) is 4.36. The number of thiocarbonyl (C=S) groups is 1. The van der Waals surface area contributed by atoms with E-state index in [2.05, 4.69) is 17.6 Å². The summed E-state index contributed by atoms with van der Waals surface area (Å²) >= 11 is 5.44. The Kier molecular flexibility index (Phi) is 12.5. The summed E-state index contributed by atoms with van der Waals surface area (Å²) in [5.74, 6) is 0.0503. The van der Waals surface area contributed by atoms with Crippen LogP contribution in [0.25, 0.3) is 0 Å². The van der Waals surface area contributed by atoms with Gasteiger partial charge in [0.05, 0.1) is 13.0 Å². The number of nitrogens with zero attached hydrogens (tertiary/aromatic N) is 1. The molecule has 1 saturated heterocycles. The van der Waals surface area contributed by atoms with E-state index in [1.807, 2.05) is 18.2 Å². The zero-order chi connectivity index (χ0) is 27.9. The molecule has 10 heteroatoms. The summed E-state index contributed by atoms with van der Waals surface area (Å²) in [6.45, 7) is 3.75. The van der Waals surface area contributed by atoms with E-state index >= 15 is 0 Å². The highest BCUT2D eigenvalue weighted by Crippen LogP contribution is 2.15. The Bertz CT molecular complexity index is 1080. The van der Waals surface area contributed by atoms with Gasteiger partial charge in [0.2, 0.25) is 5.91 Å². The average molecular weight is 556 g/mol. The number of hydrogen-bond donors (Lipinski definition) is 2. The number of piperazine rings is 1. The largest absolute Gasteiger partial charge is 0.494 e. The lowest BCUT2D eigenvalue weighted by atomic mass is 10.1. The van der Waals surface area contributed by atoms with Crippen LogP contribution in [0.3, 0.4) is 0 Å². The summed E-state index contributed by atoms with van der Waals surface area (Å²) < 4.78 is 16.5. The van der Waals surface area contributed by atoms with Crippen LogP contribution in [0.2, 0.25) is 0 Å². The van der Waals surface area contributed by atoms with E-state index < -0.39 is 17.9 Å². The first kappa shape index (κ1) is 29.9. The molecule has 1 fully saturated rings. The Labute approximate surface area is 235 Å². The molecule has 1 aliphatic heterocycles. The average Bonchev–Trinajstić information content (AvgIpc) is 2.95. The number of carbonyl (C=O) groups excluding carboxylic acids is 3. The third-order valence-electron chi connectivity index (χ3n) is 6.16. The van der Waals surface area contributed by atoms with Crippen molar-refractivity contribution in [1.82, 2.24) is 15.5 Å². The fourth-order valence-electron chi connectivity index (χ4n) is 4.05. The highest BCUT2D eigenvalue weighted by molar-refractivity contribution is 7.80. The molecule has 210 valence electrons. The number of amides is 2. The standard InChI is InChI=1S/C29H37N3O6S/c1-2-3-4-5-9-18-36-24-14-12-22(13-15-24)27(34)31-29(39)32-17-16-30-28(35)25(32)21-26(33)38-20-19-37-23-10-7-6-8-11-23/h6-8,10-15,25H,2-5,9,16-21H2,1H3,(H,30,35)(H,31,34,39). The van der Waals surface area contributed by atoms with Gasteiger partial charge >= 0.3 is 5.97 Å². The molecule has 9 nitrogen and oxygen atoms in total. The SMILES string of the molecule is CCCCCCCOc1ccc(C(=O)NC(=S)N2CCNC(=O)C2CC(=O)OCCOc2ccccc2)cc1. The van der Waals surface area contributed by atoms with E-state index in [0.717, 1.165) is 12.8 Å². The number of esters is 1. The van der Waals surface area contributed by atoms with Crippen molar-refractivity contribution in [2.45, 2.75) is 51.5 Å². The number of para-hydroxylation sites is 1. The molecule has 0 saturated carbocycles. The van der Waals surface area contributed by atoms with Crippen molar-refractivity contribution in [1.29, 1.82) is 0 Å². The van der Waals surface area contributed by atoms with Crippen LogP contribution in [0.1, 0.15) is 55.8 Å². The van der Waals surface area contributed by atoms with Crippen LogP contribution >= 0.6 is 12.2 Å². The second kappa shape index (κ2) is 16.3. The summed E-state index contributed by atoms with van der Waals surface area (Å²) in [4.78, 5) is 39.3. The first-order valence-electron chi connectivity index (χ1n) is 13.4. The van der Waals surface area contributed by atoms with Crippen LogP contribution in [-0.4, -0.2) is 66.7 Å². The van der Waals surface area contributed by atoms with Crippen LogP contribution in [0.5, 0.6) is 11.5 Å². The van der Waals surface area contributed by atoms with Gasteiger partial charge in [0.15, 0.2) is 5.11 Å². The highest BCUT2D eigenvalue weighted by Gasteiger charge is 2.34. The molecule has 0 aromatic heterocycles. The van der Waals surface area contributed by atoms with Crippen molar-refractivity contribution >= 4 is 35.1 Å². The molecule has 0 aliphatic carbocycles. The maximum absolute atomic E-state index is 12.8. The molecule has 1 atom stereocenters. The van der Waals surface area contributed by atoms with Crippen molar-refractivity contribution in [3.05, 3.63) is 60.2 Å². The minimum Gasteiger partial charge on any atom is -0.494 e. The van der Waals surface area contributed by atoms with Crippen molar-refractivity contribution in [3.8, 4) is 11.5 Å². The molecule has 0 spiro atoms. The van der Waals surface area contributed by atoms with Gasteiger partial charge in [-0.1, -0.05) is 50.8 Å². The lowest BCUT2D eigenvalue weighted by Crippen LogP contribution is -2.60. The van der Waals surface area contributed by atoms with Gasteiger partial charge in [-0.25, -0.2) is 0 Å². The third-order valence-corrected chi connectivity index (χ3v) is 6.50. The van der Waals surface area contributed by atoms with E-state index in [0.29, 0.717) is 36.8 Å². The monoisotopic (exact) mass is 555 g/mol. The summed E-state index contributed by atoms with van der Waals surface area (Å²) in [6.07, 6.45) is 5.58. The Hall–Kier alpha value is -3.66. The second-order valence-electron chi connectivity index (χ2n) is 9.13. The highest BCUT2D eigenvalue weighted by atomic mass is 32.1. The van der Waals surface area contributed by atoms with E-state index in [-0.39, 0.29) is 30.7 Å². The molecule has 2 aromatic carbocycles. The smallest absolute Gasteiger partial charge is 0.308 e. The predicted molar refractivity (Wildman–Crippen MR) is 152 cm³/mol. The molecular formula is C29H37N3O6S. The summed E-state index contributed by atoms with van der Waals surface area (Å²) in [7, 11) is 0. The number of rotatable bonds is 14. The zero-order valence-corrected chi connectivity index (χ0v) is 23.2. The zero-order valence-electron chi connectivity index (χ0n) is 22.4. The second-order valence-corrected chi connectivity index (χ2v) is 9.52. The topological polar surface area (TPSA) is 106 Å². The first-order chi connectivity index (χ1) is 19.0. The molecule has 2 N–H and O–H groups in total. The van der Waals surface area contributed by atoms with E-state index in [1.165, 1.54) is 19.3 Å². The van der Waals surface area contributed by atoms with Crippen LogP contribution in [0.15, 0.2) is 54.6 Å². The van der Waals surface area contributed by atoms with Gasteiger partial charge < -0.3 is 24.4 Å². The molecule has 2 aromatic rings. The van der Waals surface area contributed by atoms with Gasteiger partial charge in [-0.05, 0) is 55.0 Å². The van der Waals surface area contributed by atoms with Crippen LogP contribution in [0.4, 0.5) is 0 Å². The van der Waals surface area contributed by atoms with Crippen LogP contribution < -0.4 is 20.1 Å². The lowest BCUT2D eigenvalue weighted by Gasteiger charge is -2.36. The summed E-state index contributed by atoms with van der Waals surface area (Å²) in [5.41, 5.74) is 0.406. The van der Waals surface area contributed by atoms with Gasteiger partial charge in [0.1, 0.15) is 30.8 Å². The van der Waals surface area contributed by atoms with Crippen molar-refractivity contribution in [3.63, 3.8) is 0 Å². The number of carbonyl (C=O) groups is 3. The minimum atomic E-state index is -0.887. The molecule has 0 radical (unpaired) electrons.